The van der Waals surface area contributed by atoms with E-state index in [1.54, 1.807) is 32.0 Å². The van der Waals surface area contributed by atoms with Crippen LogP contribution in [0.2, 0.25) is 5.02 Å². The van der Waals surface area contributed by atoms with Gasteiger partial charge in [0.2, 0.25) is 5.91 Å². The Labute approximate surface area is 146 Å². The number of amides is 1. The largest absolute Gasteiger partial charge is 0.324 e. The normalized spacial score (nSPS) is 11.4. The molecule has 1 N–H and O–H groups in total. The molecule has 0 heterocycles. The molecule has 0 saturated carbocycles. The van der Waals surface area contributed by atoms with Crippen LogP contribution in [0.15, 0.2) is 36.4 Å². The second kappa shape index (κ2) is 6.50. The quantitative estimate of drug-likeness (QED) is 0.665. The minimum Gasteiger partial charge on any atom is -0.324 e. The lowest BCUT2D eigenvalue weighted by molar-refractivity contribution is -0.120. The average molecular weight is 436 g/mol. The lowest BCUT2D eigenvalue weighted by Crippen LogP contribution is -2.35. The van der Waals surface area contributed by atoms with Gasteiger partial charge in [-0.05, 0) is 72.3 Å². The lowest BCUT2D eigenvalue weighted by Gasteiger charge is -2.24. The molecular formula is C16H13ClF2INO. The number of anilines is 1. The van der Waals surface area contributed by atoms with E-state index in [1.807, 2.05) is 0 Å². The second-order valence-electron chi connectivity index (χ2n) is 5.36. The van der Waals surface area contributed by atoms with Crippen LogP contribution in [0, 0.1) is 15.2 Å². The van der Waals surface area contributed by atoms with Gasteiger partial charge < -0.3 is 5.32 Å². The lowest BCUT2D eigenvalue weighted by atomic mass is 9.83. The van der Waals surface area contributed by atoms with E-state index in [-0.39, 0.29) is 5.56 Å². The number of carbonyl (C=O) groups is 1. The Balaban J connectivity index is 2.30. The van der Waals surface area contributed by atoms with Crippen LogP contribution in [0.4, 0.5) is 14.5 Å². The van der Waals surface area contributed by atoms with E-state index >= 15 is 0 Å². The first-order chi connectivity index (χ1) is 10.2. The third-order valence-corrected chi connectivity index (χ3v) is 4.31. The number of rotatable bonds is 3. The SMILES string of the molecule is CC(C)(C(=O)Nc1ccc(I)cc1Cl)c1cc(F)cc(F)c1. The molecule has 0 aliphatic heterocycles. The van der Waals surface area contributed by atoms with E-state index < -0.39 is 23.0 Å². The van der Waals surface area contributed by atoms with Gasteiger partial charge in [-0.15, -0.1) is 0 Å². The Hall–Kier alpha value is -1.21. The molecule has 0 fully saturated rings. The highest BCUT2D eigenvalue weighted by molar-refractivity contribution is 14.1. The van der Waals surface area contributed by atoms with Crippen molar-refractivity contribution in [1.82, 2.24) is 0 Å². The summed E-state index contributed by atoms with van der Waals surface area (Å²) in [7, 11) is 0. The van der Waals surface area contributed by atoms with Crippen molar-refractivity contribution in [3.63, 3.8) is 0 Å². The number of benzene rings is 2. The zero-order valence-corrected chi connectivity index (χ0v) is 14.8. The summed E-state index contributed by atoms with van der Waals surface area (Å²) >= 11 is 8.19. The van der Waals surface area contributed by atoms with Crippen LogP contribution in [-0.2, 0) is 10.2 Å². The van der Waals surface area contributed by atoms with Crippen LogP contribution in [0.25, 0.3) is 0 Å². The molecule has 116 valence electrons. The monoisotopic (exact) mass is 435 g/mol. The van der Waals surface area contributed by atoms with Crippen molar-refractivity contribution < 1.29 is 13.6 Å². The fourth-order valence-electron chi connectivity index (χ4n) is 1.92. The summed E-state index contributed by atoms with van der Waals surface area (Å²) in [5.74, 6) is -1.84. The molecule has 22 heavy (non-hydrogen) atoms. The molecule has 2 aromatic carbocycles. The van der Waals surface area contributed by atoms with Gasteiger partial charge in [0, 0.05) is 9.64 Å². The van der Waals surface area contributed by atoms with Gasteiger partial charge in [0.25, 0.3) is 0 Å². The zero-order chi connectivity index (χ0) is 16.5. The third-order valence-electron chi connectivity index (χ3n) is 3.33. The summed E-state index contributed by atoms with van der Waals surface area (Å²) in [6.07, 6.45) is 0. The highest BCUT2D eigenvalue weighted by Crippen LogP contribution is 2.29. The molecule has 2 nitrogen and oxygen atoms in total. The average Bonchev–Trinajstić information content (AvgIpc) is 2.40. The first-order valence-electron chi connectivity index (χ1n) is 6.43. The van der Waals surface area contributed by atoms with Gasteiger partial charge in [-0.1, -0.05) is 11.6 Å². The number of nitrogens with one attached hydrogen (secondary N) is 1. The van der Waals surface area contributed by atoms with E-state index in [1.165, 1.54) is 0 Å². The predicted octanol–water partition coefficient (Wildman–Crippen LogP) is 5.14. The van der Waals surface area contributed by atoms with Crippen molar-refractivity contribution in [2.75, 3.05) is 5.32 Å². The summed E-state index contributed by atoms with van der Waals surface area (Å²) in [4.78, 5) is 12.5. The molecule has 0 aliphatic rings. The van der Waals surface area contributed by atoms with Crippen LogP contribution >= 0.6 is 34.2 Å². The van der Waals surface area contributed by atoms with Gasteiger partial charge in [0.05, 0.1) is 16.1 Å². The summed E-state index contributed by atoms with van der Waals surface area (Å²) in [6.45, 7) is 3.19. The van der Waals surface area contributed by atoms with Crippen molar-refractivity contribution in [2.24, 2.45) is 0 Å². The fraction of sp³-hybridized carbons (Fsp3) is 0.188. The molecule has 2 aromatic rings. The van der Waals surface area contributed by atoms with Crippen LogP contribution in [0.5, 0.6) is 0 Å². The van der Waals surface area contributed by atoms with E-state index in [2.05, 4.69) is 27.9 Å². The van der Waals surface area contributed by atoms with Gasteiger partial charge in [0.1, 0.15) is 11.6 Å². The van der Waals surface area contributed by atoms with E-state index in [0.29, 0.717) is 10.7 Å². The summed E-state index contributed by atoms with van der Waals surface area (Å²) in [6, 6.07) is 8.28. The van der Waals surface area contributed by atoms with Crippen LogP contribution in [-0.4, -0.2) is 5.91 Å². The molecule has 2 rings (SSSR count). The summed E-state index contributed by atoms with van der Waals surface area (Å²) in [5, 5.41) is 3.10. The number of hydrogen-bond acceptors (Lipinski definition) is 1. The van der Waals surface area contributed by atoms with Crippen molar-refractivity contribution in [2.45, 2.75) is 19.3 Å². The molecule has 0 aromatic heterocycles. The topological polar surface area (TPSA) is 29.1 Å². The molecular weight excluding hydrogens is 423 g/mol. The summed E-state index contributed by atoms with van der Waals surface area (Å²) in [5.41, 5.74) is -0.406. The molecule has 0 aliphatic carbocycles. The van der Waals surface area contributed by atoms with Crippen molar-refractivity contribution >= 4 is 45.8 Å². The number of hydrogen-bond donors (Lipinski definition) is 1. The second-order valence-corrected chi connectivity index (χ2v) is 7.01. The van der Waals surface area contributed by atoms with Crippen molar-refractivity contribution in [3.8, 4) is 0 Å². The molecule has 0 atom stereocenters. The minimum absolute atomic E-state index is 0.254. The Morgan fingerprint density at radius 1 is 1.14 bits per heavy atom. The third kappa shape index (κ3) is 3.76. The predicted molar refractivity (Wildman–Crippen MR) is 92.2 cm³/mol. The Kier molecular flexibility index (Phi) is 5.07. The molecule has 6 heteroatoms. The zero-order valence-electron chi connectivity index (χ0n) is 11.9. The highest BCUT2D eigenvalue weighted by atomic mass is 127. The first kappa shape index (κ1) is 17.1. The standard InChI is InChI=1S/C16H13ClF2INO/c1-16(2,9-5-10(18)7-11(19)6-9)15(22)21-14-4-3-12(20)8-13(14)17/h3-8H,1-2H3,(H,21,22). The van der Waals surface area contributed by atoms with E-state index in [9.17, 15) is 13.6 Å². The Bertz CT molecular complexity index is 714. The number of carbonyl (C=O) groups excluding carboxylic acids is 1. The highest BCUT2D eigenvalue weighted by Gasteiger charge is 2.31. The van der Waals surface area contributed by atoms with Gasteiger partial charge in [0.15, 0.2) is 0 Å². The Morgan fingerprint density at radius 2 is 1.73 bits per heavy atom. The minimum atomic E-state index is -1.12. The van der Waals surface area contributed by atoms with E-state index in [4.69, 9.17) is 11.6 Å². The van der Waals surface area contributed by atoms with Crippen LogP contribution < -0.4 is 5.32 Å². The van der Waals surface area contributed by atoms with E-state index in [0.717, 1.165) is 21.8 Å². The van der Waals surface area contributed by atoms with Gasteiger partial charge in [-0.2, -0.15) is 0 Å². The van der Waals surface area contributed by atoms with Crippen LogP contribution in [0.3, 0.4) is 0 Å². The molecule has 0 saturated heterocycles. The van der Waals surface area contributed by atoms with Crippen molar-refractivity contribution in [3.05, 3.63) is 62.2 Å². The van der Waals surface area contributed by atoms with Crippen molar-refractivity contribution in [1.29, 1.82) is 0 Å². The maximum Gasteiger partial charge on any atom is 0.234 e. The molecule has 1 amide bonds. The molecule has 0 spiro atoms. The number of halogens is 4. The maximum absolute atomic E-state index is 13.4. The summed E-state index contributed by atoms with van der Waals surface area (Å²) < 4.78 is 27.7. The Morgan fingerprint density at radius 3 is 2.27 bits per heavy atom. The molecule has 0 unspecified atom stereocenters. The van der Waals surface area contributed by atoms with Crippen LogP contribution in [0.1, 0.15) is 19.4 Å². The first-order valence-corrected chi connectivity index (χ1v) is 7.89. The fourth-order valence-corrected chi connectivity index (χ4v) is 2.82. The van der Waals surface area contributed by atoms with Gasteiger partial charge >= 0.3 is 0 Å². The maximum atomic E-state index is 13.4. The smallest absolute Gasteiger partial charge is 0.234 e. The molecule has 0 bridgehead atoms. The molecule has 0 radical (unpaired) electrons. The van der Waals surface area contributed by atoms with Gasteiger partial charge in [-0.3, -0.25) is 4.79 Å². The van der Waals surface area contributed by atoms with Gasteiger partial charge in [-0.25, -0.2) is 8.78 Å².